The maximum atomic E-state index is 12.9. The highest BCUT2D eigenvalue weighted by atomic mass is 19.4. The molecule has 0 aromatic heterocycles. The summed E-state index contributed by atoms with van der Waals surface area (Å²) in [6.07, 6.45) is -9.32. The molecule has 1 aliphatic rings. The van der Waals surface area contributed by atoms with E-state index in [4.69, 9.17) is 4.74 Å². The monoisotopic (exact) mass is 476 g/mol. The lowest BCUT2D eigenvalue weighted by Gasteiger charge is -2.35. The van der Waals surface area contributed by atoms with Crippen LogP contribution in [0.2, 0.25) is 0 Å². The Bertz CT molecular complexity index is 908. The van der Waals surface area contributed by atoms with Crippen LogP contribution in [0.3, 0.4) is 0 Å². The van der Waals surface area contributed by atoms with E-state index >= 15 is 0 Å². The Morgan fingerprint density at radius 2 is 1.58 bits per heavy atom. The predicted molar refractivity (Wildman–Crippen MR) is 106 cm³/mol. The van der Waals surface area contributed by atoms with Gasteiger partial charge in [0.15, 0.2) is 0 Å². The van der Waals surface area contributed by atoms with Crippen LogP contribution in [0.5, 0.6) is 5.75 Å². The minimum Gasteiger partial charge on any atom is -0.406 e. The summed E-state index contributed by atoms with van der Waals surface area (Å²) in [4.78, 5) is 14.4. The van der Waals surface area contributed by atoms with E-state index in [0.717, 1.165) is 24.3 Å². The first-order chi connectivity index (χ1) is 15.5. The molecule has 0 radical (unpaired) electrons. The number of halogens is 6. The summed E-state index contributed by atoms with van der Waals surface area (Å²) in [6, 6.07) is 9.41. The van der Waals surface area contributed by atoms with Gasteiger partial charge in [-0.25, -0.2) is 0 Å². The molecule has 180 valence electrons. The summed E-state index contributed by atoms with van der Waals surface area (Å²) < 4.78 is 84.6. The van der Waals surface area contributed by atoms with Crippen molar-refractivity contribution < 1.29 is 40.6 Å². The second-order valence-corrected chi connectivity index (χ2v) is 7.46. The van der Waals surface area contributed by atoms with E-state index in [2.05, 4.69) is 10.1 Å². The Morgan fingerprint density at radius 3 is 2.12 bits per heavy atom. The molecule has 5 nitrogen and oxygen atoms in total. The molecule has 0 spiro atoms. The van der Waals surface area contributed by atoms with Crippen LogP contribution in [0.15, 0.2) is 48.5 Å². The third-order valence-corrected chi connectivity index (χ3v) is 5.12. The van der Waals surface area contributed by atoms with Crippen molar-refractivity contribution in [2.75, 3.05) is 32.8 Å². The minimum atomic E-state index is -4.80. The fourth-order valence-electron chi connectivity index (χ4n) is 3.51. The molecule has 1 aliphatic heterocycles. The first kappa shape index (κ1) is 24.8. The molecule has 1 saturated heterocycles. The van der Waals surface area contributed by atoms with E-state index in [0.29, 0.717) is 37.4 Å². The van der Waals surface area contributed by atoms with Crippen molar-refractivity contribution in [3.8, 4) is 5.75 Å². The number of ether oxygens (including phenoxy) is 2. The summed E-state index contributed by atoms with van der Waals surface area (Å²) in [5.74, 6) is -0.758. The fourth-order valence-corrected chi connectivity index (χ4v) is 3.51. The van der Waals surface area contributed by atoms with Crippen molar-refractivity contribution in [3.05, 3.63) is 65.2 Å². The zero-order valence-electron chi connectivity index (χ0n) is 17.4. The van der Waals surface area contributed by atoms with Gasteiger partial charge < -0.3 is 14.8 Å². The third-order valence-electron chi connectivity index (χ3n) is 5.12. The lowest BCUT2D eigenvalue weighted by molar-refractivity contribution is -0.274. The molecule has 3 rings (SSSR count). The SMILES string of the molecule is O=C(Cc1ccc(OC(F)(F)F)cc1)NCC(c1ccc(C(F)(F)F)cc1)N1CCOCC1. The highest BCUT2D eigenvalue weighted by molar-refractivity contribution is 5.78. The number of hydrogen-bond donors (Lipinski definition) is 1. The molecule has 2 aromatic rings. The van der Waals surface area contributed by atoms with Crippen molar-refractivity contribution in [3.63, 3.8) is 0 Å². The highest BCUT2D eigenvalue weighted by Gasteiger charge is 2.32. The molecular formula is C22H22F6N2O3. The fraction of sp³-hybridized carbons (Fsp3) is 0.409. The van der Waals surface area contributed by atoms with E-state index in [1.165, 1.54) is 24.3 Å². The van der Waals surface area contributed by atoms with Gasteiger partial charge in [0.2, 0.25) is 5.91 Å². The van der Waals surface area contributed by atoms with Crippen LogP contribution in [0.4, 0.5) is 26.3 Å². The number of hydrogen-bond acceptors (Lipinski definition) is 4. The van der Waals surface area contributed by atoms with Gasteiger partial charge in [0.1, 0.15) is 5.75 Å². The summed E-state index contributed by atoms with van der Waals surface area (Å²) in [6.45, 7) is 2.21. The predicted octanol–water partition coefficient (Wildman–Crippen LogP) is 4.34. The Morgan fingerprint density at radius 1 is 0.970 bits per heavy atom. The van der Waals surface area contributed by atoms with E-state index in [9.17, 15) is 31.1 Å². The van der Waals surface area contributed by atoms with Gasteiger partial charge in [0.05, 0.1) is 31.2 Å². The smallest absolute Gasteiger partial charge is 0.406 e. The van der Waals surface area contributed by atoms with E-state index in [1.807, 2.05) is 4.90 Å². The van der Waals surface area contributed by atoms with Gasteiger partial charge in [-0.3, -0.25) is 9.69 Å². The van der Waals surface area contributed by atoms with Crippen molar-refractivity contribution in [2.45, 2.75) is 25.0 Å². The molecule has 1 heterocycles. The molecule has 33 heavy (non-hydrogen) atoms. The number of amides is 1. The summed E-state index contributed by atoms with van der Waals surface area (Å²) >= 11 is 0. The highest BCUT2D eigenvalue weighted by Crippen LogP contribution is 2.31. The van der Waals surface area contributed by atoms with Crippen molar-refractivity contribution >= 4 is 5.91 Å². The maximum absolute atomic E-state index is 12.9. The van der Waals surface area contributed by atoms with Gasteiger partial charge >= 0.3 is 12.5 Å². The second-order valence-electron chi connectivity index (χ2n) is 7.46. The van der Waals surface area contributed by atoms with Crippen LogP contribution >= 0.6 is 0 Å². The average Bonchev–Trinajstić information content (AvgIpc) is 2.75. The number of morpholine rings is 1. The van der Waals surface area contributed by atoms with Crippen LogP contribution in [-0.2, 0) is 22.1 Å². The Kier molecular flexibility index (Phi) is 7.85. The molecule has 2 aromatic carbocycles. The van der Waals surface area contributed by atoms with E-state index in [1.54, 1.807) is 0 Å². The van der Waals surface area contributed by atoms with E-state index in [-0.39, 0.29) is 30.7 Å². The average molecular weight is 476 g/mol. The topological polar surface area (TPSA) is 50.8 Å². The standard InChI is InChI=1S/C22H22F6N2O3/c23-21(24,25)17-5-3-16(4-6-17)19(30-9-11-32-12-10-30)14-29-20(31)13-15-1-7-18(8-2-15)33-22(26,27)28/h1-8,19H,9-14H2,(H,29,31). The summed E-state index contributed by atoms with van der Waals surface area (Å²) in [5, 5.41) is 2.77. The van der Waals surface area contributed by atoms with Gasteiger partial charge in [0, 0.05) is 19.6 Å². The molecule has 1 amide bonds. The maximum Gasteiger partial charge on any atom is 0.573 e. The first-order valence-corrected chi connectivity index (χ1v) is 10.1. The quantitative estimate of drug-likeness (QED) is 0.605. The number of alkyl halides is 6. The van der Waals surface area contributed by atoms with Crippen molar-refractivity contribution in [2.24, 2.45) is 0 Å². The van der Waals surface area contributed by atoms with Gasteiger partial charge in [-0.2, -0.15) is 13.2 Å². The molecule has 0 saturated carbocycles. The molecule has 1 unspecified atom stereocenters. The number of rotatable bonds is 7. The normalized spacial score (nSPS) is 16.3. The lowest BCUT2D eigenvalue weighted by atomic mass is 10.0. The van der Waals surface area contributed by atoms with Crippen LogP contribution in [0, 0.1) is 0 Å². The third kappa shape index (κ3) is 7.64. The van der Waals surface area contributed by atoms with Gasteiger partial charge in [-0.15, -0.1) is 13.2 Å². The lowest BCUT2D eigenvalue weighted by Crippen LogP contribution is -2.44. The number of carbonyl (C=O) groups excluding carboxylic acids is 1. The molecule has 0 aliphatic carbocycles. The van der Waals surface area contributed by atoms with Crippen LogP contribution < -0.4 is 10.1 Å². The second kappa shape index (κ2) is 10.4. The summed E-state index contributed by atoms with van der Waals surface area (Å²) in [7, 11) is 0. The Balaban J connectivity index is 1.63. The first-order valence-electron chi connectivity index (χ1n) is 10.1. The van der Waals surface area contributed by atoms with Gasteiger partial charge in [-0.05, 0) is 35.4 Å². The molecule has 0 bridgehead atoms. The molecule has 1 fully saturated rings. The van der Waals surface area contributed by atoms with Crippen LogP contribution in [0.1, 0.15) is 22.7 Å². The van der Waals surface area contributed by atoms with Gasteiger partial charge in [0.25, 0.3) is 0 Å². The van der Waals surface area contributed by atoms with Crippen molar-refractivity contribution in [1.82, 2.24) is 10.2 Å². The van der Waals surface area contributed by atoms with Crippen molar-refractivity contribution in [1.29, 1.82) is 0 Å². The summed E-state index contributed by atoms with van der Waals surface area (Å²) in [5.41, 5.74) is 0.354. The number of carbonyl (C=O) groups is 1. The van der Waals surface area contributed by atoms with Crippen LogP contribution in [0.25, 0.3) is 0 Å². The molecular weight excluding hydrogens is 454 g/mol. The molecule has 1 N–H and O–H groups in total. The number of nitrogens with zero attached hydrogens (tertiary/aromatic N) is 1. The Labute approximate surface area is 186 Å². The zero-order valence-corrected chi connectivity index (χ0v) is 17.4. The van der Waals surface area contributed by atoms with Gasteiger partial charge in [-0.1, -0.05) is 24.3 Å². The molecule has 11 heteroatoms. The number of nitrogens with one attached hydrogen (secondary N) is 1. The van der Waals surface area contributed by atoms with Crippen LogP contribution in [-0.4, -0.2) is 50.0 Å². The largest absolute Gasteiger partial charge is 0.573 e. The zero-order chi connectivity index (χ0) is 24.1. The minimum absolute atomic E-state index is 0.0743. The molecule has 1 atom stereocenters. The number of benzene rings is 2. The van der Waals surface area contributed by atoms with E-state index < -0.39 is 18.1 Å². The Hall–Kier alpha value is -2.79.